The van der Waals surface area contributed by atoms with Crippen LogP contribution in [0.15, 0.2) is 0 Å². The number of likely N-dealkylation sites (tertiary alicyclic amines) is 1. The van der Waals surface area contributed by atoms with E-state index in [1.807, 2.05) is 13.8 Å². The van der Waals surface area contributed by atoms with Gasteiger partial charge in [-0.1, -0.05) is 47.0 Å². The highest BCUT2D eigenvalue weighted by Gasteiger charge is 2.42. The first-order valence-corrected chi connectivity index (χ1v) is 7.94. The first kappa shape index (κ1) is 15.0. The van der Waals surface area contributed by atoms with E-state index in [0.717, 1.165) is 23.7 Å². The molecule has 0 aromatic rings. The van der Waals surface area contributed by atoms with Crippen molar-refractivity contribution in [1.29, 1.82) is 0 Å². The molecule has 1 heteroatoms. The molecular weight excluding hydrogens is 206 g/mol. The van der Waals surface area contributed by atoms with Crippen LogP contribution in [0.3, 0.4) is 0 Å². The minimum absolute atomic E-state index is 1.04. The summed E-state index contributed by atoms with van der Waals surface area (Å²) < 4.78 is 0. The van der Waals surface area contributed by atoms with Gasteiger partial charge in [-0.2, -0.15) is 0 Å². The first-order chi connectivity index (χ1) is 8.26. The van der Waals surface area contributed by atoms with Gasteiger partial charge in [0.25, 0.3) is 0 Å². The van der Waals surface area contributed by atoms with Gasteiger partial charge in [0.05, 0.1) is 0 Å². The van der Waals surface area contributed by atoms with E-state index in [-0.39, 0.29) is 0 Å². The van der Waals surface area contributed by atoms with Gasteiger partial charge in [-0.3, -0.25) is 0 Å². The maximum atomic E-state index is 2.57. The molecular formula is C16H33N. The fraction of sp³-hybridized carbons (Fsp3) is 1.00. The molecule has 0 aromatic carbocycles. The van der Waals surface area contributed by atoms with Crippen molar-refractivity contribution in [2.24, 2.45) is 23.7 Å². The molecule has 2 fully saturated rings. The lowest BCUT2D eigenvalue weighted by Gasteiger charge is -2.39. The topological polar surface area (TPSA) is 3.24 Å². The number of hydrogen-bond donors (Lipinski definition) is 0. The van der Waals surface area contributed by atoms with Crippen LogP contribution >= 0.6 is 0 Å². The SMILES string of the molecule is CC.CCCC1C(CC)CCC2CN(C)CC21. The molecule has 102 valence electrons. The zero-order chi connectivity index (χ0) is 12.8. The summed E-state index contributed by atoms with van der Waals surface area (Å²) in [4.78, 5) is 2.57. The molecule has 1 saturated carbocycles. The van der Waals surface area contributed by atoms with Crippen molar-refractivity contribution in [3.05, 3.63) is 0 Å². The maximum absolute atomic E-state index is 2.57. The van der Waals surface area contributed by atoms with Crippen molar-refractivity contribution in [2.75, 3.05) is 20.1 Å². The summed E-state index contributed by atoms with van der Waals surface area (Å²) in [6.07, 6.45) is 7.29. The molecule has 0 bridgehead atoms. The zero-order valence-corrected chi connectivity index (χ0v) is 12.7. The van der Waals surface area contributed by atoms with Gasteiger partial charge >= 0.3 is 0 Å². The first-order valence-electron chi connectivity index (χ1n) is 7.94. The highest BCUT2D eigenvalue weighted by Crippen LogP contribution is 2.45. The third-order valence-corrected chi connectivity index (χ3v) is 4.88. The van der Waals surface area contributed by atoms with Crippen molar-refractivity contribution in [2.45, 2.75) is 59.8 Å². The van der Waals surface area contributed by atoms with Crippen molar-refractivity contribution in [3.63, 3.8) is 0 Å². The lowest BCUT2D eigenvalue weighted by Crippen LogP contribution is -2.33. The number of fused-ring (bicyclic) bond motifs is 1. The quantitative estimate of drug-likeness (QED) is 0.704. The molecule has 0 spiro atoms. The molecule has 2 aliphatic rings. The Morgan fingerprint density at radius 3 is 2.35 bits per heavy atom. The summed E-state index contributed by atoms with van der Waals surface area (Å²) in [6.45, 7) is 11.5. The monoisotopic (exact) mass is 239 g/mol. The number of hydrogen-bond acceptors (Lipinski definition) is 1. The smallest absolute Gasteiger partial charge is 0.00126 e. The second-order valence-electron chi connectivity index (χ2n) is 5.84. The average molecular weight is 239 g/mol. The predicted molar refractivity (Wildman–Crippen MR) is 77.2 cm³/mol. The van der Waals surface area contributed by atoms with Crippen LogP contribution in [0.2, 0.25) is 0 Å². The van der Waals surface area contributed by atoms with E-state index in [1.54, 1.807) is 0 Å². The molecule has 4 atom stereocenters. The molecule has 0 radical (unpaired) electrons. The summed E-state index contributed by atoms with van der Waals surface area (Å²) in [5.74, 6) is 4.16. The van der Waals surface area contributed by atoms with E-state index < -0.39 is 0 Å². The third kappa shape index (κ3) is 3.47. The number of nitrogens with zero attached hydrogens (tertiary/aromatic N) is 1. The summed E-state index contributed by atoms with van der Waals surface area (Å²) in [7, 11) is 2.31. The van der Waals surface area contributed by atoms with E-state index >= 15 is 0 Å². The molecule has 1 heterocycles. The Labute approximate surface area is 109 Å². The van der Waals surface area contributed by atoms with Crippen LogP contribution in [0.1, 0.15) is 59.8 Å². The minimum atomic E-state index is 1.04. The fourth-order valence-corrected chi connectivity index (χ4v) is 4.19. The lowest BCUT2D eigenvalue weighted by atomic mass is 9.65. The van der Waals surface area contributed by atoms with Crippen LogP contribution in [0.4, 0.5) is 0 Å². The van der Waals surface area contributed by atoms with E-state index in [4.69, 9.17) is 0 Å². The van der Waals surface area contributed by atoms with Crippen molar-refractivity contribution >= 4 is 0 Å². The van der Waals surface area contributed by atoms with Gasteiger partial charge in [0.15, 0.2) is 0 Å². The van der Waals surface area contributed by atoms with Gasteiger partial charge < -0.3 is 4.90 Å². The van der Waals surface area contributed by atoms with Crippen LogP contribution in [0.25, 0.3) is 0 Å². The molecule has 1 saturated heterocycles. The highest BCUT2D eigenvalue weighted by molar-refractivity contribution is 4.93. The minimum Gasteiger partial charge on any atom is -0.306 e. The summed E-state index contributed by atoms with van der Waals surface area (Å²) >= 11 is 0. The molecule has 2 rings (SSSR count). The van der Waals surface area contributed by atoms with Gasteiger partial charge in [-0.15, -0.1) is 0 Å². The van der Waals surface area contributed by atoms with Gasteiger partial charge in [0.1, 0.15) is 0 Å². The summed E-state index contributed by atoms with van der Waals surface area (Å²) in [5, 5.41) is 0. The average Bonchev–Trinajstić information content (AvgIpc) is 2.73. The number of rotatable bonds is 3. The molecule has 17 heavy (non-hydrogen) atoms. The van der Waals surface area contributed by atoms with Crippen molar-refractivity contribution < 1.29 is 0 Å². The fourth-order valence-electron chi connectivity index (χ4n) is 4.19. The summed E-state index contributed by atoms with van der Waals surface area (Å²) in [6, 6.07) is 0. The Hall–Kier alpha value is -0.0400. The molecule has 1 nitrogen and oxygen atoms in total. The Morgan fingerprint density at radius 1 is 1.06 bits per heavy atom. The van der Waals surface area contributed by atoms with Crippen molar-refractivity contribution in [3.8, 4) is 0 Å². The second kappa shape index (κ2) is 7.41. The summed E-state index contributed by atoms with van der Waals surface area (Å²) in [5.41, 5.74) is 0. The molecule has 4 unspecified atom stereocenters. The van der Waals surface area contributed by atoms with Crippen LogP contribution in [0, 0.1) is 23.7 Å². The highest BCUT2D eigenvalue weighted by atomic mass is 15.1. The zero-order valence-electron chi connectivity index (χ0n) is 12.7. The molecule has 1 aliphatic heterocycles. The normalized spacial score (nSPS) is 37.2. The lowest BCUT2D eigenvalue weighted by molar-refractivity contribution is 0.111. The van der Waals surface area contributed by atoms with E-state index in [1.165, 1.54) is 45.2 Å². The molecule has 0 aromatic heterocycles. The molecule has 0 N–H and O–H groups in total. The third-order valence-electron chi connectivity index (χ3n) is 4.88. The van der Waals surface area contributed by atoms with Gasteiger partial charge in [0.2, 0.25) is 0 Å². The molecule has 0 amide bonds. The Kier molecular flexibility index (Phi) is 6.54. The van der Waals surface area contributed by atoms with Crippen LogP contribution < -0.4 is 0 Å². The van der Waals surface area contributed by atoms with E-state index in [2.05, 4.69) is 25.8 Å². The maximum Gasteiger partial charge on any atom is 0.00126 e. The Morgan fingerprint density at radius 2 is 1.76 bits per heavy atom. The van der Waals surface area contributed by atoms with Crippen LogP contribution in [0.5, 0.6) is 0 Å². The Balaban J connectivity index is 0.000000686. The Bertz CT molecular complexity index is 202. The second-order valence-corrected chi connectivity index (χ2v) is 5.84. The van der Waals surface area contributed by atoms with Crippen LogP contribution in [-0.2, 0) is 0 Å². The van der Waals surface area contributed by atoms with Gasteiger partial charge in [0, 0.05) is 13.1 Å². The predicted octanol–water partition coefficient (Wildman–Crippen LogP) is 4.43. The van der Waals surface area contributed by atoms with Gasteiger partial charge in [-0.25, -0.2) is 0 Å². The van der Waals surface area contributed by atoms with E-state index in [0.29, 0.717) is 0 Å². The van der Waals surface area contributed by atoms with Gasteiger partial charge in [-0.05, 0) is 43.6 Å². The van der Waals surface area contributed by atoms with E-state index in [9.17, 15) is 0 Å². The largest absolute Gasteiger partial charge is 0.306 e. The van der Waals surface area contributed by atoms with Crippen LogP contribution in [-0.4, -0.2) is 25.0 Å². The standard InChI is InChI=1S/C14H27N.C2H6/c1-4-6-13-11(5-2)7-8-12-9-15(3)10-14(12)13;1-2/h11-14H,4-10H2,1-3H3;1-2H3. The van der Waals surface area contributed by atoms with Crippen molar-refractivity contribution in [1.82, 2.24) is 4.90 Å². The molecule has 1 aliphatic carbocycles.